The lowest BCUT2D eigenvalue weighted by molar-refractivity contribution is 0.102. The van der Waals surface area contributed by atoms with Gasteiger partial charge in [-0.05, 0) is 43.2 Å². The summed E-state index contributed by atoms with van der Waals surface area (Å²) in [7, 11) is 0. The Morgan fingerprint density at radius 1 is 1.04 bits per heavy atom. The van der Waals surface area contributed by atoms with Crippen molar-refractivity contribution in [3.8, 4) is 5.75 Å². The summed E-state index contributed by atoms with van der Waals surface area (Å²) in [5.74, 6) is 1.14. The van der Waals surface area contributed by atoms with Gasteiger partial charge in [0.15, 0.2) is 0 Å². The van der Waals surface area contributed by atoms with Gasteiger partial charge in [-0.25, -0.2) is 4.98 Å². The molecule has 27 heavy (non-hydrogen) atoms. The fourth-order valence-corrected chi connectivity index (χ4v) is 2.69. The standard InChI is InChI=1S/C22H23N3O2/c1-2-27-20-11-7-6-10-19(20)25-22(26)18-13-15-24-21(16-18)23-14-12-17-8-4-3-5-9-17/h3-11,13,15-16H,2,12,14H2,1H3,(H,23,24)(H,25,26). The average Bonchev–Trinajstić information content (AvgIpc) is 2.71. The molecule has 138 valence electrons. The van der Waals surface area contributed by atoms with Gasteiger partial charge in [0.1, 0.15) is 11.6 Å². The van der Waals surface area contributed by atoms with E-state index in [0.29, 0.717) is 29.4 Å². The minimum absolute atomic E-state index is 0.198. The topological polar surface area (TPSA) is 63.2 Å². The number of pyridine rings is 1. The molecule has 2 aromatic carbocycles. The maximum atomic E-state index is 12.6. The monoisotopic (exact) mass is 361 g/mol. The van der Waals surface area contributed by atoms with Crippen LogP contribution < -0.4 is 15.4 Å². The molecule has 0 fully saturated rings. The summed E-state index contributed by atoms with van der Waals surface area (Å²) in [4.78, 5) is 16.9. The van der Waals surface area contributed by atoms with E-state index < -0.39 is 0 Å². The van der Waals surface area contributed by atoms with Gasteiger partial charge in [0.25, 0.3) is 5.91 Å². The van der Waals surface area contributed by atoms with Gasteiger partial charge in [-0.1, -0.05) is 42.5 Å². The first-order valence-electron chi connectivity index (χ1n) is 9.03. The summed E-state index contributed by atoms with van der Waals surface area (Å²) in [6, 6.07) is 21.1. The summed E-state index contributed by atoms with van der Waals surface area (Å²) in [5.41, 5.74) is 2.45. The van der Waals surface area contributed by atoms with E-state index in [2.05, 4.69) is 27.8 Å². The van der Waals surface area contributed by atoms with Crippen LogP contribution in [0.2, 0.25) is 0 Å². The van der Waals surface area contributed by atoms with Crippen LogP contribution in [-0.4, -0.2) is 24.0 Å². The number of aromatic nitrogens is 1. The molecule has 2 N–H and O–H groups in total. The van der Waals surface area contributed by atoms with Crippen molar-refractivity contribution >= 4 is 17.4 Å². The van der Waals surface area contributed by atoms with Crippen molar-refractivity contribution in [1.29, 1.82) is 0 Å². The Balaban J connectivity index is 1.62. The smallest absolute Gasteiger partial charge is 0.255 e. The number of hydrogen-bond acceptors (Lipinski definition) is 4. The van der Waals surface area contributed by atoms with Crippen LogP contribution in [0, 0.1) is 0 Å². The van der Waals surface area contributed by atoms with E-state index in [1.807, 2.05) is 49.4 Å². The third kappa shape index (κ3) is 5.31. The first-order valence-corrected chi connectivity index (χ1v) is 9.03. The fraction of sp³-hybridized carbons (Fsp3) is 0.182. The largest absolute Gasteiger partial charge is 0.492 e. The van der Waals surface area contributed by atoms with Crippen molar-refractivity contribution in [3.63, 3.8) is 0 Å². The Morgan fingerprint density at radius 2 is 1.81 bits per heavy atom. The van der Waals surface area contributed by atoms with Crippen LogP contribution in [0.1, 0.15) is 22.8 Å². The van der Waals surface area contributed by atoms with Gasteiger partial charge < -0.3 is 15.4 Å². The number of para-hydroxylation sites is 2. The maximum absolute atomic E-state index is 12.6. The minimum Gasteiger partial charge on any atom is -0.492 e. The Labute approximate surface area is 159 Å². The van der Waals surface area contributed by atoms with Crippen LogP contribution in [0.3, 0.4) is 0 Å². The minimum atomic E-state index is -0.198. The molecule has 0 radical (unpaired) electrons. The van der Waals surface area contributed by atoms with Crippen LogP contribution >= 0.6 is 0 Å². The van der Waals surface area contributed by atoms with Crippen LogP contribution in [0.25, 0.3) is 0 Å². The zero-order valence-corrected chi connectivity index (χ0v) is 15.3. The number of rotatable bonds is 8. The zero-order valence-electron chi connectivity index (χ0n) is 15.3. The van der Waals surface area contributed by atoms with Crippen molar-refractivity contribution in [1.82, 2.24) is 4.98 Å². The maximum Gasteiger partial charge on any atom is 0.255 e. The number of benzene rings is 2. The van der Waals surface area contributed by atoms with Crippen molar-refractivity contribution < 1.29 is 9.53 Å². The van der Waals surface area contributed by atoms with Gasteiger partial charge in [-0.3, -0.25) is 4.79 Å². The summed E-state index contributed by atoms with van der Waals surface area (Å²) in [6.07, 6.45) is 2.52. The highest BCUT2D eigenvalue weighted by atomic mass is 16.5. The molecule has 5 nitrogen and oxygen atoms in total. The zero-order chi connectivity index (χ0) is 18.9. The highest BCUT2D eigenvalue weighted by Gasteiger charge is 2.10. The Kier molecular flexibility index (Phi) is 6.41. The number of amides is 1. The quantitative estimate of drug-likeness (QED) is 0.625. The predicted molar refractivity (Wildman–Crippen MR) is 108 cm³/mol. The lowest BCUT2D eigenvalue weighted by atomic mass is 10.1. The molecule has 0 aliphatic rings. The number of nitrogens with one attached hydrogen (secondary N) is 2. The second kappa shape index (κ2) is 9.38. The summed E-state index contributed by atoms with van der Waals surface area (Å²) < 4.78 is 5.55. The van der Waals surface area contributed by atoms with Crippen molar-refractivity contribution in [2.45, 2.75) is 13.3 Å². The molecule has 1 amide bonds. The molecule has 0 saturated heterocycles. The van der Waals surface area contributed by atoms with E-state index in [1.165, 1.54) is 5.56 Å². The lowest BCUT2D eigenvalue weighted by Crippen LogP contribution is -2.14. The third-order valence-corrected chi connectivity index (χ3v) is 4.02. The summed E-state index contributed by atoms with van der Waals surface area (Å²) >= 11 is 0. The fourth-order valence-electron chi connectivity index (χ4n) is 2.69. The van der Waals surface area contributed by atoms with Crippen molar-refractivity contribution in [2.75, 3.05) is 23.8 Å². The van der Waals surface area contributed by atoms with Gasteiger partial charge in [0, 0.05) is 18.3 Å². The third-order valence-electron chi connectivity index (χ3n) is 4.02. The molecule has 0 atom stereocenters. The molecule has 1 aromatic heterocycles. The SMILES string of the molecule is CCOc1ccccc1NC(=O)c1ccnc(NCCc2ccccc2)c1. The molecule has 3 aromatic rings. The number of carbonyl (C=O) groups excluding carboxylic acids is 1. The Hall–Kier alpha value is -3.34. The van der Waals surface area contributed by atoms with Gasteiger partial charge in [0.05, 0.1) is 12.3 Å². The first-order chi connectivity index (χ1) is 13.3. The number of nitrogens with zero attached hydrogens (tertiary/aromatic N) is 1. The molecule has 0 spiro atoms. The molecular formula is C22H23N3O2. The van der Waals surface area contributed by atoms with Crippen LogP contribution in [-0.2, 0) is 6.42 Å². The van der Waals surface area contributed by atoms with Crippen molar-refractivity contribution in [3.05, 3.63) is 84.1 Å². The Bertz CT molecular complexity index is 881. The average molecular weight is 361 g/mol. The van der Waals surface area contributed by atoms with E-state index in [1.54, 1.807) is 18.3 Å². The van der Waals surface area contributed by atoms with Crippen LogP contribution in [0.5, 0.6) is 5.75 Å². The van der Waals surface area contributed by atoms with E-state index in [0.717, 1.165) is 13.0 Å². The summed E-state index contributed by atoms with van der Waals surface area (Å²) in [6.45, 7) is 3.20. The number of ether oxygens (including phenoxy) is 1. The molecule has 1 heterocycles. The predicted octanol–water partition coefficient (Wildman–Crippen LogP) is 4.39. The lowest BCUT2D eigenvalue weighted by Gasteiger charge is -2.12. The second-order valence-corrected chi connectivity index (χ2v) is 5.98. The van der Waals surface area contributed by atoms with E-state index in [4.69, 9.17) is 4.74 Å². The molecule has 0 aliphatic carbocycles. The van der Waals surface area contributed by atoms with E-state index in [-0.39, 0.29) is 5.91 Å². The van der Waals surface area contributed by atoms with Gasteiger partial charge in [0.2, 0.25) is 0 Å². The van der Waals surface area contributed by atoms with Gasteiger partial charge >= 0.3 is 0 Å². The number of anilines is 2. The van der Waals surface area contributed by atoms with E-state index in [9.17, 15) is 4.79 Å². The normalized spacial score (nSPS) is 10.3. The van der Waals surface area contributed by atoms with Gasteiger partial charge in [-0.15, -0.1) is 0 Å². The number of carbonyl (C=O) groups is 1. The highest BCUT2D eigenvalue weighted by molar-refractivity contribution is 6.05. The van der Waals surface area contributed by atoms with Crippen LogP contribution in [0.15, 0.2) is 72.9 Å². The molecule has 0 aliphatic heterocycles. The molecular weight excluding hydrogens is 338 g/mol. The molecule has 0 bridgehead atoms. The second-order valence-electron chi connectivity index (χ2n) is 5.98. The first kappa shape index (κ1) is 18.5. The van der Waals surface area contributed by atoms with Crippen LogP contribution in [0.4, 0.5) is 11.5 Å². The van der Waals surface area contributed by atoms with Gasteiger partial charge in [-0.2, -0.15) is 0 Å². The number of hydrogen-bond donors (Lipinski definition) is 2. The molecule has 5 heteroatoms. The molecule has 0 saturated carbocycles. The highest BCUT2D eigenvalue weighted by Crippen LogP contribution is 2.24. The van der Waals surface area contributed by atoms with Crippen molar-refractivity contribution in [2.24, 2.45) is 0 Å². The van der Waals surface area contributed by atoms with E-state index >= 15 is 0 Å². The Morgan fingerprint density at radius 3 is 2.63 bits per heavy atom. The summed E-state index contributed by atoms with van der Waals surface area (Å²) in [5, 5.41) is 6.17. The molecule has 3 rings (SSSR count). The molecule has 0 unspecified atom stereocenters.